The average molecular weight is 246 g/mol. The van der Waals surface area contributed by atoms with Gasteiger partial charge in [-0.1, -0.05) is 36.3 Å². The Labute approximate surface area is 108 Å². The third-order valence-corrected chi connectivity index (χ3v) is 2.96. The molecule has 1 heterocycles. The van der Waals surface area contributed by atoms with E-state index in [1.807, 2.05) is 51.1 Å². The van der Waals surface area contributed by atoms with E-state index in [4.69, 9.17) is 20.6 Å². The summed E-state index contributed by atoms with van der Waals surface area (Å²) in [7, 11) is 0. The van der Waals surface area contributed by atoms with Crippen LogP contribution in [0.1, 0.15) is 26.3 Å². The summed E-state index contributed by atoms with van der Waals surface area (Å²) < 4.78 is 17.4. The standard InChI is InChI=1S/C15H18O3/c1-5-11-16-13-15(4,18-14(2,3)17-13)12-9-7-6-8-10-12/h1,6-10,13H,11H2,2-4H3. The molecule has 0 amide bonds. The van der Waals surface area contributed by atoms with Crippen molar-refractivity contribution in [2.24, 2.45) is 0 Å². The zero-order valence-electron chi connectivity index (χ0n) is 11.0. The van der Waals surface area contributed by atoms with Crippen LogP contribution >= 0.6 is 0 Å². The molecule has 1 saturated heterocycles. The lowest BCUT2D eigenvalue weighted by Gasteiger charge is -2.28. The second-order valence-electron chi connectivity index (χ2n) is 4.94. The van der Waals surface area contributed by atoms with Gasteiger partial charge in [-0.15, -0.1) is 6.42 Å². The number of ether oxygens (including phenoxy) is 3. The normalized spacial score (nSPS) is 30.0. The first-order valence-electron chi connectivity index (χ1n) is 5.96. The molecule has 1 aliphatic heterocycles. The highest BCUT2D eigenvalue weighted by molar-refractivity contribution is 5.24. The second-order valence-corrected chi connectivity index (χ2v) is 4.94. The summed E-state index contributed by atoms with van der Waals surface area (Å²) in [6, 6.07) is 9.89. The van der Waals surface area contributed by atoms with E-state index in [0.29, 0.717) is 0 Å². The van der Waals surface area contributed by atoms with E-state index in [2.05, 4.69) is 5.92 Å². The second kappa shape index (κ2) is 4.74. The minimum absolute atomic E-state index is 0.201. The van der Waals surface area contributed by atoms with Crippen LogP contribution in [0.15, 0.2) is 30.3 Å². The van der Waals surface area contributed by atoms with E-state index in [1.54, 1.807) is 0 Å². The summed E-state index contributed by atoms with van der Waals surface area (Å²) in [6.07, 6.45) is 4.72. The number of hydrogen-bond donors (Lipinski definition) is 0. The van der Waals surface area contributed by atoms with E-state index in [9.17, 15) is 0 Å². The first-order chi connectivity index (χ1) is 8.48. The topological polar surface area (TPSA) is 27.7 Å². The molecule has 0 radical (unpaired) electrons. The maximum absolute atomic E-state index is 6.02. The maximum atomic E-state index is 6.02. The van der Waals surface area contributed by atoms with Gasteiger partial charge in [0.1, 0.15) is 12.2 Å². The van der Waals surface area contributed by atoms with Crippen LogP contribution in [0, 0.1) is 12.3 Å². The fraction of sp³-hybridized carbons (Fsp3) is 0.467. The molecule has 0 aliphatic carbocycles. The molecular formula is C15H18O3. The number of rotatable bonds is 3. The quantitative estimate of drug-likeness (QED) is 0.767. The van der Waals surface area contributed by atoms with Gasteiger partial charge >= 0.3 is 0 Å². The van der Waals surface area contributed by atoms with Crippen molar-refractivity contribution in [3.63, 3.8) is 0 Å². The van der Waals surface area contributed by atoms with Crippen molar-refractivity contribution in [1.82, 2.24) is 0 Å². The van der Waals surface area contributed by atoms with Gasteiger partial charge in [0.05, 0.1) is 0 Å². The predicted molar refractivity (Wildman–Crippen MR) is 68.6 cm³/mol. The minimum Gasteiger partial charge on any atom is -0.336 e. The van der Waals surface area contributed by atoms with Gasteiger partial charge < -0.3 is 14.2 Å². The summed E-state index contributed by atoms with van der Waals surface area (Å²) in [5.41, 5.74) is 0.360. The van der Waals surface area contributed by atoms with Crippen LogP contribution in [-0.2, 0) is 19.8 Å². The van der Waals surface area contributed by atoms with Gasteiger partial charge in [-0.25, -0.2) is 0 Å². The predicted octanol–water partition coefficient (Wildman–Crippen LogP) is 2.66. The van der Waals surface area contributed by atoms with Crippen molar-refractivity contribution >= 4 is 0 Å². The Morgan fingerprint density at radius 3 is 2.56 bits per heavy atom. The molecule has 2 rings (SSSR count). The molecule has 0 N–H and O–H groups in total. The first-order valence-corrected chi connectivity index (χ1v) is 5.96. The molecular weight excluding hydrogens is 228 g/mol. The average Bonchev–Trinajstić information content (AvgIpc) is 2.58. The molecule has 0 bridgehead atoms. The number of terminal acetylenes is 1. The lowest BCUT2D eigenvalue weighted by atomic mass is 9.95. The first kappa shape index (κ1) is 13.1. The molecule has 1 aliphatic rings. The summed E-state index contributed by atoms with van der Waals surface area (Å²) in [5, 5.41) is 0. The molecule has 18 heavy (non-hydrogen) atoms. The Morgan fingerprint density at radius 1 is 1.28 bits per heavy atom. The van der Waals surface area contributed by atoms with Crippen LogP contribution in [0.25, 0.3) is 0 Å². The van der Waals surface area contributed by atoms with Crippen LogP contribution in [0.5, 0.6) is 0 Å². The van der Waals surface area contributed by atoms with Crippen LogP contribution in [0.2, 0.25) is 0 Å². The highest BCUT2D eigenvalue weighted by Gasteiger charge is 2.52. The van der Waals surface area contributed by atoms with Gasteiger partial charge in [0.2, 0.25) is 0 Å². The molecule has 1 fully saturated rings. The lowest BCUT2D eigenvalue weighted by Crippen LogP contribution is -2.36. The number of hydrogen-bond acceptors (Lipinski definition) is 3. The van der Waals surface area contributed by atoms with Gasteiger partial charge in [0.15, 0.2) is 12.1 Å². The molecule has 2 unspecified atom stereocenters. The van der Waals surface area contributed by atoms with E-state index in [1.165, 1.54) is 0 Å². The summed E-state index contributed by atoms with van der Waals surface area (Å²) in [4.78, 5) is 0. The summed E-state index contributed by atoms with van der Waals surface area (Å²) >= 11 is 0. The van der Waals surface area contributed by atoms with Gasteiger partial charge in [-0.3, -0.25) is 0 Å². The molecule has 3 heteroatoms. The third-order valence-electron chi connectivity index (χ3n) is 2.96. The van der Waals surface area contributed by atoms with E-state index in [-0.39, 0.29) is 6.61 Å². The minimum atomic E-state index is -0.691. The highest BCUT2D eigenvalue weighted by Crippen LogP contribution is 2.43. The maximum Gasteiger partial charge on any atom is 0.195 e. The van der Waals surface area contributed by atoms with E-state index < -0.39 is 17.7 Å². The summed E-state index contributed by atoms with van der Waals surface area (Å²) in [6.45, 7) is 5.89. The van der Waals surface area contributed by atoms with Crippen LogP contribution in [0.3, 0.4) is 0 Å². The van der Waals surface area contributed by atoms with Gasteiger partial charge in [0, 0.05) is 0 Å². The summed E-state index contributed by atoms with van der Waals surface area (Å²) in [5.74, 6) is 1.76. The van der Waals surface area contributed by atoms with Crippen molar-refractivity contribution in [2.75, 3.05) is 6.61 Å². The Morgan fingerprint density at radius 2 is 1.94 bits per heavy atom. The molecule has 0 spiro atoms. The Hall–Kier alpha value is -1.34. The largest absolute Gasteiger partial charge is 0.336 e. The SMILES string of the molecule is C#CCOC1OC(C)(C)OC1(C)c1ccccc1. The number of benzene rings is 1. The van der Waals surface area contributed by atoms with Crippen LogP contribution in [0.4, 0.5) is 0 Å². The van der Waals surface area contributed by atoms with Gasteiger partial charge in [-0.05, 0) is 26.3 Å². The van der Waals surface area contributed by atoms with Crippen molar-refractivity contribution in [1.29, 1.82) is 0 Å². The van der Waals surface area contributed by atoms with Gasteiger partial charge in [-0.2, -0.15) is 0 Å². The molecule has 3 nitrogen and oxygen atoms in total. The van der Waals surface area contributed by atoms with Crippen molar-refractivity contribution < 1.29 is 14.2 Å². The Balaban J connectivity index is 2.31. The Kier molecular flexibility index (Phi) is 3.45. The van der Waals surface area contributed by atoms with Crippen LogP contribution < -0.4 is 0 Å². The fourth-order valence-corrected chi connectivity index (χ4v) is 2.23. The Bertz CT molecular complexity index is 447. The van der Waals surface area contributed by atoms with E-state index >= 15 is 0 Å². The van der Waals surface area contributed by atoms with Crippen molar-refractivity contribution in [3.05, 3.63) is 35.9 Å². The smallest absolute Gasteiger partial charge is 0.195 e. The molecule has 0 aromatic heterocycles. The van der Waals surface area contributed by atoms with Crippen LogP contribution in [-0.4, -0.2) is 18.7 Å². The molecule has 96 valence electrons. The highest BCUT2D eigenvalue weighted by atomic mass is 16.8. The lowest BCUT2D eigenvalue weighted by molar-refractivity contribution is -0.186. The molecule has 2 atom stereocenters. The third kappa shape index (κ3) is 2.41. The molecule has 0 saturated carbocycles. The van der Waals surface area contributed by atoms with E-state index in [0.717, 1.165) is 5.56 Å². The zero-order valence-corrected chi connectivity index (χ0v) is 11.0. The van der Waals surface area contributed by atoms with Crippen molar-refractivity contribution in [3.8, 4) is 12.3 Å². The molecule has 1 aromatic carbocycles. The monoisotopic (exact) mass is 246 g/mol. The fourth-order valence-electron chi connectivity index (χ4n) is 2.23. The van der Waals surface area contributed by atoms with Gasteiger partial charge in [0.25, 0.3) is 0 Å². The van der Waals surface area contributed by atoms with Crippen molar-refractivity contribution in [2.45, 2.75) is 38.4 Å². The molecule has 1 aromatic rings. The zero-order chi connectivity index (χ0) is 13.2.